The highest BCUT2D eigenvalue weighted by atomic mass is 16.4. The third kappa shape index (κ3) is 3.97. The molecule has 0 radical (unpaired) electrons. The Morgan fingerprint density at radius 3 is 2.61 bits per heavy atom. The molecule has 6 heteroatoms. The number of aromatic nitrogens is 3. The number of pyridine rings is 2. The highest BCUT2D eigenvalue weighted by Gasteiger charge is 2.27. The minimum Gasteiger partial charge on any atom is -0.439 e. The maximum atomic E-state index is 13.0. The van der Waals surface area contributed by atoms with Crippen molar-refractivity contribution in [1.82, 2.24) is 19.9 Å². The summed E-state index contributed by atoms with van der Waals surface area (Å²) < 4.78 is 51.2. The lowest BCUT2D eigenvalue weighted by Gasteiger charge is -2.31. The molecule has 3 aromatic rings. The van der Waals surface area contributed by atoms with E-state index in [9.17, 15) is 4.79 Å². The number of aryl methyl sites for hydroxylation is 1. The minimum absolute atomic E-state index is 0.0276. The predicted octanol–water partition coefficient (Wildman–Crippen LogP) is 3.83. The molecule has 0 saturated heterocycles. The smallest absolute Gasteiger partial charge is 0.191 e. The van der Waals surface area contributed by atoms with Gasteiger partial charge in [-0.3, -0.25) is 14.8 Å². The van der Waals surface area contributed by atoms with E-state index in [2.05, 4.69) is 15.0 Å². The third-order valence-electron chi connectivity index (χ3n) is 5.41. The highest BCUT2D eigenvalue weighted by Crippen LogP contribution is 2.28. The van der Waals surface area contributed by atoms with Gasteiger partial charge >= 0.3 is 0 Å². The lowest BCUT2D eigenvalue weighted by Crippen LogP contribution is -2.34. The van der Waals surface area contributed by atoms with Crippen molar-refractivity contribution in [3.8, 4) is 11.5 Å². The zero-order valence-electron chi connectivity index (χ0n) is 21.7. The van der Waals surface area contributed by atoms with Gasteiger partial charge in [-0.1, -0.05) is 0 Å². The van der Waals surface area contributed by atoms with Gasteiger partial charge in [-0.05, 0) is 57.2 Å². The molecule has 1 aliphatic carbocycles. The molecule has 3 heterocycles. The number of nitrogens with zero attached hydrogens (tertiary/aromatic N) is 4. The molecule has 0 atom stereocenters. The molecule has 4 rings (SSSR count). The van der Waals surface area contributed by atoms with Crippen molar-refractivity contribution in [3.63, 3.8) is 0 Å². The van der Waals surface area contributed by atoms with Crippen LogP contribution in [0.4, 0.5) is 0 Å². The summed E-state index contributed by atoms with van der Waals surface area (Å²) in [7, 11) is 0. The van der Waals surface area contributed by atoms with E-state index >= 15 is 0 Å². The third-order valence-corrected chi connectivity index (χ3v) is 5.41. The summed E-state index contributed by atoms with van der Waals surface area (Å²) in [4.78, 5) is 26.5. The second kappa shape index (κ2) is 7.80. The van der Waals surface area contributed by atoms with E-state index in [0.29, 0.717) is 53.6 Å². The number of carbonyl (C=O) groups excluding carboxylic acids is 1. The van der Waals surface area contributed by atoms with Crippen LogP contribution in [-0.2, 0) is 11.2 Å². The van der Waals surface area contributed by atoms with Gasteiger partial charge in [0.05, 0.1) is 6.20 Å². The Hall–Kier alpha value is -2.60. The average molecular weight is 385 g/mol. The Balaban J connectivity index is 1.43. The van der Waals surface area contributed by atoms with Gasteiger partial charge in [-0.15, -0.1) is 0 Å². The van der Waals surface area contributed by atoms with Crippen molar-refractivity contribution in [1.29, 1.82) is 0 Å². The van der Waals surface area contributed by atoms with E-state index in [-0.39, 0.29) is 18.1 Å². The molecule has 0 bridgehead atoms. The number of fused-ring (bicyclic) bond motifs is 1. The molecule has 0 unspecified atom stereocenters. The van der Waals surface area contributed by atoms with E-state index in [1.54, 1.807) is 25.5 Å². The molecule has 146 valence electrons. The SMILES string of the molecule is [2H]C([2H])([2H])N(C1CCC(C(=O)Cc2cc3cc(-c4cnc(C)o4)ncc3cn2)CC1)C([2H])([2H])[2H]. The first-order chi connectivity index (χ1) is 15.9. The number of hydrogen-bond acceptors (Lipinski definition) is 6. The van der Waals surface area contributed by atoms with Gasteiger partial charge in [0.15, 0.2) is 11.7 Å². The van der Waals surface area contributed by atoms with Crippen LogP contribution in [0.2, 0.25) is 0 Å². The summed E-state index contributed by atoms with van der Waals surface area (Å²) in [6, 6.07) is 3.13. The van der Waals surface area contributed by atoms with Gasteiger partial charge < -0.3 is 9.32 Å². The zero-order chi connectivity index (χ0) is 24.7. The number of hydrogen-bond donors (Lipinski definition) is 0. The Morgan fingerprint density at radius 1 is 1.11 bits per heavy atom. The number of rotatable bonds is 5. The molecule has 28 heavy (non-hydrogen) atoms. The summed E-state index contributed by atoms with van der Waals surface area (Å²) in [6.45, 7) is -3.66. The lowest BCUT2D eigenvalue weighted by atomic mass is 9.82. The van der Waals surface area contributed by atoms with Gasteiger partial charge in [0.1, 0.15) is 11.5 Å². The molecule has 1 fully saturated rings. The van der Waals surface area contributed by atoms with E-state index < -0.39 is 20.0 Å². The van der Waals surface area contributed by atoms with Crippen LogP contribution in [0.25, 0.3) is 22.2 Å². The molecular weight excluding hydrogens is 352 g/mol. The fraction of sp³-hybridized carbons (Fsp3) is 0.455. The van der Waals surface area contributed by atoms with Gasteiger partial charge in [0.2, 0.25) is 0 Å². The van der Waals surface area contributed by atoms with Crippen molar-refractivity contribution in [2.45, 2.75) is 45.1 Å². The monoisotopic (exact) mass is 384 g/mol. The summed E-state index contributed by atoms with van der Waals surface area (Å²) in [5.74, 6) is 0.899. The first kappa shape index (κ1) is 12.8. The molecule has 0 aromatic carbocycles. The second-order valence-corrected chi connectivity index (χ2v) is 7.35. The van der Waals surface area contributed by atoms with Crippen molar-refractivity contribution in [3.05, 3.63) is 42.3 Å². The second-order valence-electron chi connectivity index (χ2n) is 7.35. The number of oxazole rings is 1. The number of carbonyl (C=O) groups is 1. The lowest BCUT2D eigenvalue weighted by molar-refractivity contribution is -0.123. The average Bonchev–Trinajstić information content (AvgIpc) is 3.18. The molecule has 0 aliphatic heterocycles. The summed E-state index contributed by atoms with van der Waals surface area (Å²) >= 11 is 0. The normalized spacial score (nSPS) is 24.1. The largest absolute Gasteiger partial charge is 0.439 e. The van der Waals surface area contributed by atoms with Crippen LogP contribution in [0.3, 0.4) is 0 Å². The first-order valence-corrected chi connectivity index (χ1v) is 9.41. The van der Waals surface area contributed by atoms with Crippen molar-refractivity contribution < 1.29 is 17.4 Å². The van der Waals surface area contributed by atoms with Gasteiger partial charge in [-0.25, -0.2) is 4.98 Å². The molecule has 0 N–H and O–H groups in total. The summed E-state index contributed by atoms with van der Waals surface area (Å²) in [5, 5.41) is 1.72. The molecule has 1 saturated carbocycles. The maximum absolute atomic E-state index is 13.0. The summed E-state index contributed by atoms with van der Waals surface area (Å²) in [5.41, 5.74) is 1.28. The highest BCUT2D eigenvalue weighted by molar-refractivity contribution is 5.87. The molecule has 0 amide bonds. The minimum atomic E-state index is -2.71. The van der Waals surface area contributed by atoms with Crippen LogP contribution in [0.1, 0.15) is 45.5 Å². The zero-order valence-corrected chi connectivity index (χ0v) is 15.7. The van der Waals surface area contributed by atoms with Crippen molar-refractivity contribution in [2.75, 3.05) is 14.0 Å². The van der Waals surface area contributed by atoms with Crippen LogP contribution >= 0.6 is 0 Å². The van der Waals surface area contributed by atoms with Crippen LogP contribution in [0.15, 0.2) is 35.1 Å². The van der Waals surface area contributed by atoms with Gasteiger partial charge in [-0.2, -0.15) is 0 Å². The topological polar surface area (TPSA) is 72.1 Å². The van der Waals surface area contributed by atoms with E-state index in [4.69, 9.17) is 12.6 Å². The Kier molecular flexibility index (Phi) is 3.56. The van der Waals surface area contributed by atoms with Crippen LogP contribution in [-0.4, -0.2) is 45.6 Å². The standard InChI is InChI=1S/C22H26N4O2/c1-14-23-13-22(28-14)20-9-16-8-18(24-11-17(16)12-25-20)10-21(27)15-4-6-19(7-5-15)26(2)3/h8-9,11-13,15,19H,4-7,10H2,1-3H3/i2D3,3D3. The Labute approximate surface area is 173 Å². The predicted molar refractivity (Wildman–Crippen MR) is 108 cm³/mol. The fourth-order valence-electron chi connectivity index (χ4n) is 3.77. The first-order valence-electron chi connectivity index (χ1n) is 12.4. The molecule has 3 aromatic heterocycles. The van der Waals surface area contributed by atoms with E-state index in [1.807, 2.05) is 12.1 Å². The van der Waals surface area contributed by atoms with Crippen LogP contribution in [0.5, 0.6) is 0 Å². The van der Waals surface area contributed by atoms with E-state index in [1.165, 1.54) is 0 Å². The maximum Gasteiger partial charge on any atom is 0.191 e. The molecule has 1 aliphatic rings. The number of ketones is 1. The summed E-state index contributed by atoms with van der Waals surface area (Å²) in [6.07, 6.45) is 6.77. The van der Waals surface area contributed by atoms with Crippen molar-refractivity contribution in [2.24, 2.45) is 5.92 Å². The van der Waals surface area contributed by atoms with Crippen LogP contribution < -0.4 is 0 Å². The van der Waals surface area contributed by atoms with Crippen molar-refractivity contribution >= 4 is 16.6 Å². The quantitative estimate of drug-likeness (QED) is 0.666. The molecular formula is C22H26N4O2. The Bertz CT molecular complexity index is 1170. The van der Waals surface area contributed by atoms with Gasteiger partial charge in [0, 0.05) is 57.0 Å². The van der Waals surface area contributed by atoms with Gasteiger partial charge in [0.25, 0.3) is 0 Å². The molecule has 6 nitrogen and oxygen atoms in total. The van der Waals surface area contributed by atoms with E-state index in [0.717, 1.165) is 10.8 Å². The fourth-order valence-corrected chi connectivity index (χ4v) is 3.77. The number of Topliss-reactive ketones (excluding diaryl/α,β-unsaturated/α-hetero) is 1. The Morgan fingerprint density at radius 2 is 1.89 bits per heavy atom. The van der Waals surface area contributed by atoms with Crippen LogP contribution in [0, 0.1) is 12.8 Å². The molecule has 0 spiro atoms.